The first-order chi connectivity index (χ1) is 10.5. The van der Waals surface area contributed by atoms with Crippen LogP contribution in [-0.4, -0.2) is 53.8 Å². The first-order valence-corrected chi connectivity index (χ1v) is 7.93. The molecule has 0 radical (unpaired) electrons. The minimum atomic E-state index is -0.0369. The maximum atomic E-state index is 12.4. The highest BCUT2D eigenvalue weighted by molar-refractivity contribution is 6.30. The van der Waals surface area contributed by atoms with Crippen molar-refractivity contribution in [3.63, 3.8) is 0 Å². The van der Waals surface area contributed by atoms with Gasteiger partial charge in [0.1, 0.15) is 0 Å². The number of hydrogen-bond acceptors (Lipinski definition) is 3. The molecule has 0 spiro atoms. The van der Waals surface area contributed by atoms with Crippen LogP contribution in [0.4, 0.5) is 0 Å². The summed E-state index contributed by atoms with van der Waals surface area (Å²) >= 11 is 5.92. The average molecular weight is 360 g/mol. The van der Waals surface area contributed by atoms with Gasteiger partial charge in [0, 0.05) is 49.2 Å². The van der Waals surface area contributed by atoms with E-state index in [1.807, 2.05) is 11.8 Å². The van der Waals surface area contributed by atoms with Crippen LogP contribution in [0, 0.1) is 0 Å². The number of rotatable bonds is 4. The van der Waals surface area contributed by atoms with Crippen LogP contribution in [0.15, 0.2) is 24.3 Å². The van der Waals surface area contributed by atoms with Crippen LogP contribution >= 0.6 is 24.0 Å². The molecule has 1 saturated heterocycles. The van der Waals surface area contributed by atoms with E-state index in [0.717, 1.165) is 0 Å². The lowest BCUT2D eigenvalue weighted by molar-refractivity contribution is -0.132. The minimum absolute atomic E-state index is 0. The molecule has 23 heavy (non-hydrogen) atoms. The number of amides is 2. The quantitative estimate of drug-likeness (QED) is 0.895. The van der Waals surface area contributed by atoms with E-state index in [4.69, 9.17) is 17.3 Å². The number of hydrogen-bond donors (Lipinski definition) is 1. The van der Waals surface area contributed by atoms with Gasteiger partial charge >= 0.3 is 0 Å². The Hall–Kier alpha value is -1.30. The largest absolute Gasteiger partial charge is 0.339 e. The lowest BCUT2D eigenvalue weighted by Gasteiger charge is -2.35. The third-order valence-electron chi connectivity index (χ3n) is 3.80. The third-order valence-corrected chi connectivity index (χ3v) is 4.04. The molecule has 7 heteroatoms. The number of nitrogens with two attached hydrogens (primary N) is 1. The molecule has 1 atom stereocenters. The maximum absolute atomic E-state index is 12.4. The molecule has 0 saturated carbocycles. The van der Waals surface area contributed by atoms with Crippen molar-refractivity contribution in [2.45, 2.75) is 25.8 Å². The zero-order chi connectivity index (χ0) is 16.1. The highest BCUT2D eigenvalue weighted by Gasteiger charge is 2.24. The van der Waals surface area contributed by atoms with Gasteiger partial charge in [-0.3, -0.25) is 9.59 Å². The van der Waals surface area contributed by atoms with Crippen molar-refractivity contribution in [2.24, 2.45) is 5.73 Å². The third kappa shape index (κ3) is 5.68. The fourth-order valence-corrected chi connectivity index (χ4v) is 2.66. The van der Waals surface area contributed by atoms with Crippen LogP contribution < -0.4 is 5.73 Å². The molecule has 0 aromatic heterocycles. The number of nitrogens with zero attached hydrogens (tertiary/aromatic N) is 2. The summed E-state index contributed by atoms with van der Waals surface area (Å²) in [7, 11) is 0. The predicted octanol–water partition coefficient (Wildman–Crippen LogP) is 2.17. The molecule has 0 bridgehead atoms. The van der Waals surface area contributed by atoms with Crippen molar-refractivity contribution in [1.29, 1.82) is 0 Å². The Kier molecular flexibility index (Phi) is 7.82. The van der Waals surface area contributed by atoms with Gasteiger partial charge < -0.3 is 15.5 Å². The number of carbonyl (C=O) groups excluding carboxylic acids is 2. The van der Waals surface area contributed by atoms with Crippen LogP contribution in [-0.2, 0) is 4.79 Å². The number of halogens is 2. The number of carbonyl (C=O) groups is 2. The molecule has 1 aromatic rings. The first-order valence-electron chi connectivity index (χ1n) is 7.55. The summed E-state index contributed by atoms with van der Waals surface area (Å²) in [6.45, 7) is 4.15. The van der Waals surface area contributed by atoms with E-state index in [2.05, 4.69) is 0 Å². The van der Waals surface area contributed by atoms with Crippen LogP contribution in [0.25, 0.3) is 0 Å². The summed E-state index contributed by atoms with van der Waals surface area (Å²) in [6, 6.07) is 6.98. The lowest BCUT2D eigenvalue weighted by Crippen LogP contribution is -2.50. The van der Waals surface area contributed by atoms with Crippen molar-refractivity contribution in [1.82, 2.24) is 9.80 Å². The molecule has 2 rings (SSSR count). The molecule has 5 nitrogen and oxygen atoms in total. The molecular weight excluding hydrogens is 337 g/mol. The Labute approximate surface area is 148 Å². The van der Waals surface area contributed by atoms with E-state index < -0.39 is 0 Å². The molecule has 2 N–H and O–H groups in total. The summed E-state index contributed by atoms with van der Waals surface area (Å²) in [5.41, 5.74) is 6.26. The second-order valence-corrected chi connectivity index (χ2v) is 6.14. The molecule has 1 unspecified atom stereocenters. The Morgan fingerprint density at radius 3 is 2.39 bits per heavy atom. The molecular formula is C16H23Cl2N3O2. The Bertz CT molecular complexity index is 544. The van der Waals surface area contributed by atoms with E-state index in [1.54, 1.807) is 29.2 Å². The summed E-state index contributed by atoms with van der Waals surface area (Å²) < 4.78 is 0. The zero-order valence-corrected chi connectivity index (χ0v) is 14.8. The summed E-state index contributed by atoms with van der Waals surface area (Å²) in [6.07, 6.45) is 1.17. The highest BCUT2D eigenvalue weighted by Crippen LogP contribution is 2.14. The Morgan fingerprint density at radius 1 is 1.22 bits per heavy atom. The van der Waals surface area contributed by atoms with Crippen molar-refractivity contribution in [2.75, 3.05) is 26.2 Å². The number of benzene rings is 1. The fourth-order valence-electron chi connectivity index (χ4n) is 2.47. The van der Waals surface area contributed by atoms with E-state index in [-0.39, 0.29) is 30.3 Å². The van der Waals surface area contributed by atoms with E-state index in [9.17, 15) is 9.59 Å². The molecule has 1 fully saturated rings. The van der Waals surface area contributed by atoms with E-state index in [0.29, 0.717) is 49.6 Å². The van der Waals surface area contributed by atoms with Gasteiger partial charge in [-0.1, -0.05) is 17.7 Å². The van der Waals surface area contributed by atoms with Gasteiger partial charge in [0.25, 0.3) is 5.91 Å². The van der Waals surface area contributed by atoms with Gasteiger partial charge in [-0.25, -0.2) is 0 Å². The SMILES string of the molecule is CC(N)CCC(=O)N1CCN(C(=O)c2cccc(Cl)c2)CC1.Cl. The second kappa shape index (κ2) is 9.11. The van der Waals surface area contributed by atoms with Gasteiger partial charge in [-0.2, -0.15) is 0 Å². The second-order valence-electron chi connectivity index (χ2n) is 5.70. The topological polar surface area (TPSA) is 66.6 Å². The van der Waals surface area contributed by atoms with Crippen molar-refractivity contribution < 1.29 is 9.59 Å². The zero-order valence-electron chi connectivity index (χ0n) is 13.2. The average Bonchev–Trinajstić information content (AvgIpc) is 2.52. The van der Waals surface area contributed by atoms with Crippen molar-refractivity contribution >= 4 is 35.8 Å². The molecule has 1 heterocycles. The summed E-state index contributed by atoms with van der Waals surface area (Å²) in [4.78, 5) is 28.0. The van der Waals surface area contributed by atoms with Crippen LogP contribution in [0.3, 0.4) is 0 Å². The summed E-state index contributed by atoms with van der Waals surface area (Å²) in [5, 5.41) is 0.551. The monoisotopic (exact) mass is 359 g/mol. The summed E-state index contributed by atoms with van der Waals surface area (Å²) in [5.74, 6) is 0.0809. The Morgan fingerprint density at radius 2 is 1.83 bits per heavy atom. The predicted molar refractivity (Wildman–Crippen MR) is 94.1 cm³/mol. The van der Waals surface area contributed by atoms with E-state index in [1.165, 1.54) is 0 Å². The molecule has 128 valence electrons. The van der Waals surface area contributed by atoms with Crippen LogP contribution in [0.1, 0.15) is 30.1 Å². The fraction of sp³-hybridized carbons (Fsp3) is 0.500. The van der Waals surface area contributed by atoms with Crippen LogP contribution in [0.2, 0.25) is 5.02 Å². The smallest absolute Gasteiger partial charge is 0.254 e. The van der Waals surface area contributed by atoms with Gasteiger partial charge in [0.05, 0.1) is 0 Å². The standard InChI is InChI=1S/C16H22ClN3O2.ClH/c1-12(18)5-6-15(21)19-7-9-20(10-8-19)16(22)13-3-2-4-14(17)11-13;/h2-4,11-12H,5-10,18H2,1H3;1H. The Balaban J connectivity index is 0.00000264. The highest BCUT2D eigenvalue weighted by atomic mass is 35.5. The van der Waals surface area contributed by atoms with Crippen LogP contribution in [0.5, 0.6) is 0 Å². The molecule has 2 amide bonds. The maximum Gasteiger partial charge on any atom is 0.254 e. The minimum Gasteiger partial charge on any atom is -0.339 e. The van der Waals surface area contributed by atoms with Gasteiger partial charge in [0.2, 0.25) is 5.91 Å². The molecule has 1 aromatic carbocycles. The van der Waals surface area contributed by atoms with E-state index >= 15 is 0 Å². The van der Waals surface area contributed by atoms with Crippen molar-refractivity contribution in [3.05, 3.63) is 34.9 Å². The first kappa shape index (κ1) is 19.7. The molecule has 0 aliphatic carbocycles. The molecule has 1 aliphatic heterocycles. The van der Waals surface area contributed by atoms with Gasteiger partial charge in [0.15, 0.2) is 0 Å². The molecule has 1 aliphatic rings. The number of piperazine rings is 1. The van der Waals surface area contributed by atoms with Gasteiger partial charge in [-0.05, 0) is 31.5 Å². The van der Waals surface area contributed by atoms with Crippen molar-refractivity contribution in [3.8, 4) is 0 Å². The lowest BCUT2D eigenvalue weighted by atomic mass is 10.1. The normalized spacial score (nSPS) is 15.8. The van der Waals surface area contributed by atoms with Gasteiger partial charge in [-0.15, -0.1) is 12.4 Å².